The lowest BCUT2D eigenvalue weighted by atomic mass is 10.2. The van der Waals surface area contributed by atoms with Crippen molar-refractivity contribution in [2.75, 3.05) is 23.7 Å². The topological polar surface area (TPSA) is 61.9 Å². The molecule has 0 radical (unpaired) electrons. The molecule has 2 heterocycles. The number of anilines is 3. The SMILES string of the molecule is c1ccc(Nc2cc(NC3CNC3)ncn2)cc1. The molecule has 1 fully saturated rings. The fourth-order valence-corrected chi connectivity index (χ4v) is 1.77. The number of rotatable bonds is 4. The highest BCUT2D eigenvalue weighted by Crippen LogP contribution is 2.16. The minimum absolute atomic E-state index is 0.476. The molecule has 1 aromatic heterocycles. The van der Waals surface area contributed by atoms with E-state index in [0.717, 1.165) is 30.4 Å². The van der Waals surface area contributed by atoms with Crippen molar-refractivity contribution >= 4 is 17.3 Å². The molecule has 2 aromatic rings. The van der Waals surface area contributed by atoms with Gasteiger partial charge in [-0.05, 0) is 12.1 Å². The predicted molar refractivity (Wildman–Crippen MR) is 72.0 cm³/mol. The maximum absolute atomic E-state index is 4.21. The van der Waals surface area contributed by atoms with Crippen LogP contribution in [0.4, 0.5) is 17.3 Å². The van der Waals surface area contributed by atoms with E-state index in [9.17, 15) is 0 Å². The molecule has 1 aliphatic rings. The highest BCUT2D eigenvalue weighted by molar-refractivity contribution is 5.58. The minimum Gasteiger partial charge on any atom is -0.365 e. The van der Waals surface area contributed by atoms with Gasteiger partial charge in [-0.2, -0.15) is 0 Å². The van der Waals surface area contributed by atoms with Crippen molar-refractivity contribution in [3.8, 4) is 0 Å². The average Bonchev–Trinajstić information content (AvgIpc) is 2.36. The zero-order chi connectivity index (χ0) is 12.2. The van der Waals surface area contributed by atoms with E-state index in [1.807, 2.05) is 36.4 Å². The summed E-state index contributed by atoms with van der Waals surface area (Å²) in [5, 5.41) is 9.81. The van der Waals surface area contributed by atoms with Crippen molar-refractivity contribution in [2.24, 2.45) is 0 Å². The highest BCUT2D eigenvalue weighted by Gasteiger charge is 2.16. The first-order valence-corrected chi connectivity index (χ1v) is 6.01. The van der Waals surface area contributed by atoms with Crippen LogP contribution in [-0.2, 0) is 0 Å². The molecule has 5 nitrogen and oxygen atoms in total. The number of aromatic nitrogens is 2. The Hall–Kier alpha value is -2.14. The zero-order valence-corrected chi connectivity index (χ0v) is 9.93. The molecule has 18 heavy (non-hydrogen) atoms. The van der Waals surface area contributed by atoms with Gasteiger partial charge < -0.3 is 16.0 Å². The Bertz CT molecular complexity index is 510. The van der Waals surface area contributed by atoms with Gasteiger partial charge in [0.2, 0.25) is 0 Å². The number of benzene rings is 1. The summed E-state index contributed by atoms with van der Waals surface area (Å²) in [6, 6.07) is 12.4. The summed E-state index contributed by atoms with van der Waals surface area (Å²) in [6.45, 7) is 1.98. The van der Waals surface area contributed by atoms with Gasteiger partial charge in [-0.1, -0.05) is 18.2 Å². The van der Waals surface area contributed by atoms with Crippen LogP contribution in [0.2, 0.25) is 0 Å². The second kappa shape index (κ2) is 5.01. The van der Waals surface area contributed by atoms with Crippen LogP contribution < -0.4 is 16.0 Å². The van der Waals surface area contributed by atoms with Gasteiger partial charge in [-0.25, -0.2) is 9.97 Å². The lowest BCUT2D eigenvalue weighted by Gasteiger charge is -2.28. The molecule has 0 spiro atoms. The Morgan fingerprint density at radius 1 is 1.06 bits per heavy atom. The van der Waals surface area contributed by atoms with Gasteiger partial charge in [0.25, 0.3) is 0 Å². The third-order valence-electron chi connectivity index (χ3n) is 2.85. The molecule has 1 aromatic carbocycles. The van der Waals surface area contributed by atoms with Crippen LogP contribution in [0.15, 0.2) is 42.7 Å². The Labute approximate surface area is 106 Å². The van der Waals surface area contributed by atoms with Gasteiger partial charge in [0.15, 0.2) is 0 Å². The number of nitrogens with one attached hydrogen (secondary N) is 3. The molecule has 3 N–H and O–H groups in total. The van der Waals surface area contributed by atoms with Gasteiger partial charge in [0, 0.05) is 24.8 Å². The maximum atomic E-state index is 4.21. The van der Waals surface area contributed by atoms with Crippen LogP contribution in [0.5, 0.6) is 0 Å². The van der Waals surface area contributed by atoms with Gasteiger partial charge in [-0.3, -0.25) is 0 Å². The van der Waals surface area contributed by atoms with Crippen molar-refractivity contribution in [3.63, 3.8) is 0 Å². The molecular formula is C13H15N5. The zero-order valence-electron chi connectivity index (χ0n) is 9.93. The van der Waals surface area contributed by atoms with E-state index in [4.69, 9.17) is 0 Å². The van der Waals surface area contributed by atoms with E-state index in [0.29, 0.717) is 6.04 Å². The lowest BCUT2D eigenvalue weighted by molar-refractivity contribution is 0.471. The predicted octanol–water partition coefficient (Wildman–Crippen LogP) is 1.60. The van der Waals surface area contributed by atoms with Crippen LogP contribution >= 0.6 is 0 Å². The molecule has 0 atom stereocenters. The number of hydrogen-bond donors (Lipinski definition) is 3. The van der Waals surface area contributed by atoms with Crippen LogP contribution in [0.3, 0.4) is 0 Å². The quantitative estimate of drug-likeness (QED) is 0.759. The monoisotopic (exact) mass is 241 g/mol. The van der Waals surface area contributed by atoms with Crippen LogP contribution in [0.1, 0.15) is 0 Å². The normalized spacial score (nSPS) is 14.9. The van der Waals surface area contributed by atoms with Crippen molar-refractivity contribution in [1.82, 2.24) is 15.3 Å². The van der Waals surface area contributed by atoms with Gasteiger partial charge in [-0.15, -0.1) is 0 Å². The Balaban J connectivity index is 1.70. The van der Waals surface area contributed by atoms with E-state index in [2.05, 4.69) is 25.9 Å². The van der Waals surface area contributed by atoms with Gasteiger partial charge in [0.05, 0.1) is 6.04 Å². The summed E-state index contributed by atoms with van der Waals surface area (Å²) >= 11 is 0. The second-order valence-electron chi connectivity index (χ2n) is 4.28. The largest absolute Gasteiger partial charge is 0.365 e. The number of para-hydroxylation sites is 1. The molecule has 1 saturated heterocycles. The van der Waals surface area contributed by atoms with E-state index < -0.39 is 0 Å². The molecule has 0 amide bonds. The van der Waals surface area contributed by atoms with E-state index in [-0.39, 0.29) is 0 Å². The Morgan fingerprint density at radius 3 is 2.56 bits per heavy atom. The second-order valence-corrected chi connectivity index (χ2v) is 4.28. The lowest BCUT2D eigenvalue weighted by Crippen LogP contribution is -2.51. The third kappa shape index (κ3) is 2.57. The van der Waals surface area contributed by atoms with Crippen molar-refractivity contribution < 1.29 is 0 Å². The van der Waals surface area contributed by atoms with Crippen LogP contribution in [0, 0.1) is 0 Å². The van der Waals surface area contributed by atoms with E-state index >= 15 is 0 Å². The van der Waals surface area contributed by atoms with Crippen molar-refractivity contribution in [1.29, 1.82) is 0 Å². The van der Waals surface area contributed by atoms with E-state index in [1.165, 1.54) is 0 Å². The Kier molecular flexibility index (Phi) is 3.06. The third-order valence-corrected chi connectivity index (χ3v) is 2.85. The summed E-state index contributed by atoms with van der Waals surface area (Å²) in [7, 11) is 0. The minimum atomic E-state index is 0.476. The molecule has 0 bridgehead atoms. The molecule has 3 rings (SSSR count). The molecule has 0 unspecified atom stereocenters. The molecule has 1 aliphatic heterocycles. The summed E-state index contributed by atoms with van der Waals surface area (Å²) in [4.78, 5) is 8.42. The summed E-state index contributed by atoms with van der Waals surface area (Å²) in [5.41, 5.74) is 1.02. The molecular weight excluding hydrogens is 226 g/mol. The summed E-state index contributed by atoms with van der Waals surface area (Å²) in [6.07, 6.45) is 1.57. The first kappa shape index (κ1) is 11.0. The standard InChI is InChI=1S/C13H15N5/c1-2-4-10(5-3-1)17-12-6-13(16-9-15-12)18-11-7-14-8-11/h1-6,9,11,14H,7-8H2,(H2,15,16,17,18). The average molecular weight is 241 g/mol. The van der Waals surface area contributed by atoms with Crippen LogP contribution in [0.25, 0.3) is 0 Å². The van der Waals surface area contributed by atoms with Gasteiger partial charge >= 0.3 is 0 Å². The molecule has 92 valence electrons. The van der Waals surface area contributed by atoms with Crippen molar-refractivity contribution in [2.45, 2.75) is 6.04 Å². The molecule has 5 heteroatoms. The highest BCUT2D eigenvalue weighted by atomic mass is 15.1. The van der Waals surface area contributed by atoms with Crippen molar-refractivity contribution in [3.05, 3.63) is 42.7 Å². The fourth-order valence-electron chi connectivity index (χ4n) is 1.77. The maximum Gasteiger partial charge on any atom is 0.135 e. The number of hydrogen-bond acceptors (Lipinski definition) is 5. The number of nitrogens with zero attached hydrogens (tertiary/aromatic N) is 2. The van der Waals surface area contributed by atoms with Crippen LogP contribution in [-0.4, -0.2) is 29.1 Å². The molecule has 0 saturated carbocycles. The first-order chi connectivity index (χ1) is 8.90. The smallest absolute Gasteiger partial charge is 0.135 e. The Morgan fingerprint density at radius 2 is 1.83 bits per heavy atom. The summed E-state index contributed by atoms with van der Waals surface area (Å²) in [5.74, 6) is 1.65. The summed E-state index contributed by atoms with van der Waals surface area (Å²) < 4.78 is 0. The van der Waals surface area contributed by atoms with Gasteiger partial charge in [0.1, 0.15) is 18.0 Å². The fraction of sp³-hybridized carbons (Fsp3) is 0.231. The van der Waals surface area contributed by atoms with E-state index in [1.54, 1.807) is 6.33 Å². The first-order valence-electron chi connectivity index (χ1n) is 6.01. The molecule has 0 aliphatic carbocycles.